The topological polar surface area (TPSA) is 132 Å². The average Bonchev–Trinajstić information content (AvgIpc) is 3.61. The van der Waals surface area contributed by atoms with Crippen molar-refractivity contribution in [2.75, 3.05) is 13.2 Å². The molecule has 260 valence electrons. The summed E-state index contributed by atoms with van der Waals surface area (Å²) in [6.45, 7) is 0.939. The standard InChI is InChI=1S/C39H37FO10/c40-26-12-10-25(11-13-26)34(41)18-9-24-7-14-27(15-8-24)50-47-20-6-4-2-1-3-5-19-46-28-16-17-29-30(32-23-35(42)48-37(32)43)22-33-36(31(29)21-28)39(45)49-38(33)44/h7-18,21,30,32-33,36H,1-6,19-20,22-23H2/b18-9+. The van der Waals surface area contributed by atoms with Gasteiger partial charge in [-0.2, -0.15) is 4.89 Å². The van der Waals surface area contributed by atoms with Crippen LogP contribution in [0, 0.1) is 17.7 Å². The van der Waals surface area contributed by atoms with Gasteiger partial charge >= 0.3 is 23.9 Å². The van der Waals surface area contributed by atoms with Crippen LogP contribution in [0.5, 0.6) is 11.5 Å². The number of unbranched alkanes of at least 4 members (excludes halogenated alkanes) is 5. The minimum Gasteiger partial charge on any atom is -0.494 e. The second kappa shape index (κ2) is 16.0. The first kappa shape index (κ1) is 34.7. The summed E-state index contributed by atoms with van der Waals surface area (Å²) in [6.07, 6.45) is 9.03. The van der Waals surface area contributed by atoms with Gasteiger partial charge in [0.1, 0.15) is 11.6 Å². The van der Waals surface area contributed by atoms with E-state index >= 15 is 0 Å². The molecule has 2 fully saturated rings. The van der Waals surface area contributed by atoms with Crippen LogP contribution in [0.1, 0.15) is 90.3 Å². The highest BCUT2D eigenvalue weighted by atomic mass is 19.1. The van der Waals surface area contributed by atoms with Crippen LogP contribution < -0.4 is 9.62 Å². The summed E-state index contributed by atoms with van der Waals surface area (Å²) < 4.78 is 28.7. The summed E-state index contributed by atoms with van der Waals surface area (Å²) in [5.41, 5.74) is 2.59. The molecule has 0 aromatic heterocycles. The number of hydrogen-bond acceptors (Lipinski definition) is 10. The Labute approximate surface area is 288 Å². The van der Waals surface area contributed by atoms with Gasteiger partial charge in [0.2, 0.25) is 0 Å². The summed E-state index contributed by atoms with van der Waals surface area (Å²) in [4.78, 5) is 72.1. The van der Waals surface area contributed by atoms with Crippen molar-refractivity contribution in [3.8, 4) is 11.5 Å². The van der Waals surface area contributed by atoms with Crippen LogP contribution in [0.3, 0.4) is 0 Å². The molecule has 4 atom stereocenters. The van der Waals surface area contributed by atoms with Crippen molar-refractivity contribution in [3.05, 3.63) is 101 Å². The van der Waals surface area contributed by atoms with Gasteiger partial charge in [0.15, 0.2) is 11.5 Å². The van der Waals surface area contributed by atoms with Gasteiger partial charge in [-0.1, -0.05) is 50.0 Å². The van der Waals surface area contributed by atoms with E-state index in [0.717, 1.165) is 49.7 Å². The van der Waals surface area contributed by atoms with Gasteiger partial charge in [0.25, 0.3) is 0 Å². The number of carbonyl (C=O) groups excluding carboxylic acids is 5. The van der Waals surface area contributed by atoms with E-state index in [1.165, 1.54) is 30.3 Å². The van der Waals surface area contributed by atoms with Crippen LogP contribution in [-0.4, -0.2) is 42.9 Å². The molecule has 4 unspecified atom stereocenters. The average molecular weight is 685 g/mol. The van der Waals surface area contributed by atoms with Crippen LogP contribution in [0.2, 0.25) is 0 Å². The molecule has 3 aromatic rings. The van der Waals surface area contributed by atoms with Gasteiger partial charge in [-0.15, -0.1) is 0 Å². The lowest BCUT2D eigenvalue weighted by Gasteiger charge is -2.33. The van der Waals surface area contributed by atoms with E-state index in [-0.39, 0.29) is 24.4 Å². The normalized spacial score (nSPS) is 21.1. The van der Waals surface area contributed by atoms with E-state index < -0.39 is 47.5 Å². The summed E-state index contributed by atoms with van der Waals surface area (Å²) in [5.74, 6) is -4.43. The molecule has 2 aliphatic heterocycles. The number of hydrogen-bond donors (Lipinski definition) is 0. The Balaban J connectivity index is 0.861. The Morgan fingerprint density at radius 3 is 2.12 bits per heavy atom. The largest absolute Gasteiger partial charge is 0.494 e. The number of fused-ring (bicyclic) bond motifs is 3. The number of carbonyl (C=O) groups is 5. The highest BCUT2D eigenvalue weighted by molar-refractivity contribution is 6.06. The number of cyclic esters (lactones) is 4. The van der Waals surface area contributed by atoms with E-state index in [1.807, 2.05) is 6.07 Å². The molecule has 50 heavy (non-hydrogen) atoms. The Hall–Kier alpha value is -5.16. The molecule has 3 aromatic carbocycles. The third kappa shape index (κ3) is 8.34. The first-order valence-corrected chi connectivity index (χ1v) is 16.9. The lowest BCUT2D eigenvalue weighted by molar-refractivity contribution is -0.207. The van der Waals surface area contributed by atoms with Crippen molar-refractivity contribution >= 4 is 35.7 Å². The molecule has 1 aliphatic carbocycles. The molecule has 2 heterocycles. The van der Waals surface area contributed by atoms with E-state index in [2.05, 4.69) is 0 Å². The summed E-state index contributed by atoms with van der Waals surface area (Å²) >= 11 is 0. The summed E-state index contributed by atoms with van der Waals surface area (Å²) in [7, 11) is 0. The molecule has 6 rings (SSSR count). The predicted molar refractivity (Wildman–Crippen MR) is 176 cm³/mol. The Kier molecular flexibility index (Phi) is 11.1. The summed E-state index contributed by atoms with van der Waals surface area (Å²) in [5, 5.41) is 0. The van der Waals surface area contributed by atoms with Crippen LogP contribution in [0.25, 0.3) is 6.08 Å². The van der Waals surface area contributed by atoms with Crippen molar-refractivity contribution in [3.63, 3.8) is 0 Å². The quantitative estimate of drug-likeness (QED) is 0.0302. The van der Waals surface area contributed by atoms with Crippen molar-refractivity contribution in [1.29, 1.82) is 0 Å². The molecular formula is C39H37FO10. The number of esters is 4. The van der Waals surface area contributed by atoms with Gasteiger partial charge in [0.05, 0.1) is 37.4 Å². The zero-order valence-corrected chi connectivity index (χ0v) is 27.3. The van der Waals surface area contributed by atoms with Gasteiger partial charge in [-0.25, -0.2) is 4.39 Å². The minimum absolute atomic E-state index is 0.0515. The highest BCUT2D eigenvalue weighted by Gasteiger charge is 2.53. The van der Waals surface area contributed by atoms with Gasteiger partial charge in [0, 0.05) is 5.56 Å². The van der Waals surface area contributed by atoms with Crippen LogP contribution >= 0.6 is 0 Å². The van der Waals surface area contributed by atoms with E-state index in [1.54, 1.807) is 42.5 Å². The maximum absolute atomic E-state index is 13.0. The van der Waals surface area contributed by atoms with Crippen molar-refractivity contribution in [2.45, 2.75) is 63.2 Å². The molecule has 2 saturated heterocycles. The number of ketones is 1. The number of benzene rings is 3. The molecule has 0 N–H and O–H groups in total. The number of rotatable bonds is 16. The first-order valence-electron chi connectivity index (χ1n) is 16.9. The lowest BCUT2D eigenvalue weighted by atomic mass is 9.67. The maximum atomic E-state index is 13.0. The fourth-order valence-electron chi connectivity index (χ4n) is 6.73. The molecule has 10 nitrogen and oxygen atoms in total. The molecule has 0 spiro atoms. The van der Waals surface area contributed by atoms with Crippen molar-refractivity contribution in [1.82, 2.24) is 0 Å². The molecule has 0 amide bonds. The molecular weight excluding hydrogens is 647 g/mol. The van der Waals surface area contributed by atoms with Crippen LogP contribution in [0.15, 0.2) is 72.8 Å². The Morgan fingerprint density at radius 1 is 0.720 bits per heavy atom. The van der Waals surface area contributed by atoms with Crippen LogP contribution in [-0.2, 0) is 33.5 Å². The fraction of sp³-hybridized carbons (Fsp3) is 0.359. The van der Waals surface area contributed by atoms with Crippen LogP contribution in [0.4, 0.5) is 4.39 Å². The Morgan fingerprint density at radius 2 is 1.40 bits per heavy atom. The third-order valence-corrected chi connectivity index (χ3v) is 9.33. The fourth-order valence-corrected chi connectivity index (χ4v) is 6.73. The smallest absolute Gasteiger partial charge is 0.321 e. The number of ether oxygens (including phenoxy) is 3. The molecule has 0 saturated carbocycles. The maximum Gasteiger partial charge on any atom is 0.321 e. The number of halogens is 1. The van der Waals surface area contributed by atoms with Gasteiger partial charge in [-0.3, -0.25) is 24.0 Å². The third-order valence-electron chi connectivity index (χ3n) is 9.33. The molecule has 3 aliphatic rings. The van der Waals surface area contributed by atoms with Gasteiger partial charge in [-0.05, 0) is 96.5 Å². The van der Waals surface area contributed by atoms with Crippen molar-refractivity contribution in [2.24, 2.45) is 11.8 Å². The van der Waals surface area contributed by atoms with E-state index in [4.69, 9.17) is 24.0 Å². The molecule has 0 bridgehead atoms. The predicted octanol–water partition coefficient (Wildman–Crippen LogP) is 6.81. The lowest BCUT2D eigenvalue weighted by Crippen LogP contribution is -2.31. The highest BCUT2D eigenvalue weighted by Crippen LogP contribution is 2.51. The van der Waals surface area contributed by atoms with E-state index in [0.29, 0.717) is 35.8 Å². The number of allylic oxidation sites excluding steroid dienone is 1. The molecule has 11 heteroatoms. The van der Waals surface area contributed by atoms with E-state index in [9.17, 15) is 28.4 Å². The SMILES string of the molecule is O=C1CC(C2CC3C(=O)OC(=O)C3c3cc(OCCCCCCCCOOc4ccc(/C=C/C(=O)c5ccc(F)cc5)cc4)ccc32)C(=O)O1. The van der Waals surface area contributed by atoms with Crippen molar-refractivity contribution < 1.29 is 52.3 Å². The Bertz CT molecular complexity index is 1760. The minimum atomic E-state index is -0.748. The monoisotopic (exact) mass is 684 g/mol. The second-order valence-electron chi connectivity index (χ2n) is 12.7. The second-order valence-corrected chi connectivity index (χ2v) is 12.7. The zero-order chi connectivity index (χ0) is 35.0. The zero-order valence-electron chi connectivity index (χ0n) is 27.3. The summed E-state index contributed by atoms with van der Waals surface area (Å²) in [6, 6.07) is 17.9. The molecule has 0 radical (unpaired) electrons. The van der Waals surface area contributed by atoms with Gasteiger partial charge < -0.3 is 19.1 Å². The first-order chi connectivity index (χ1) is 24.3.